The molecule has 0 radical (unpaired) electrons. The number of likely N-dealkylation sites (tertiary alicyclic amines) is 1. The van der Waals surface area contributed by atoms with Gasteiger partial charge in [-0.25, -0.2) is 0 Å². The molecule has 16 heavy (non-hydrogen) atoms. The second kappa shape index (κ2) is 4.97. The third-order valence-electron chi connectivity index (χ3n) is 3.48. The van der Waals surface area contributed by atoms with Crippen molar-refractivity contribution >= 4 is 0 Å². The van der Waals surface area contributed by atoms with Gasteiger partial charge in [0, 0.05) is 31.4 Å². The summed E-state index contributed by atoms with van der Waals surface area (Å²) < 4.78 is 1.97. The van der Waals surface area contributed by atoms with Gasteiger partial charge in [-0.05, 0) is 25.8 Å². The summed E-state index contributed by atoms with van der Waals surface area (Å²) in [4.78, 5) is 2.49. The van der Waals surface area contributed by atoms with E-state index in [2.05, 4.69) is 30.0 Å². The van der Waals surface area contributed by atoms with E-state index in [0.29, 0.717) is 12.6 Å². The summed E-state index contributed by atoms with van der Waals surface area (Å²) in [6.07, 6.45) is 5.38. The lowest BCUT2D eigenvalue weighted by Gasteiger charge is -2.25. The van der Waals surface area contributed by atoms with Crippen LogP contribution in [0.5, 0.6) is 0 Å². The fourth-order valence-corrected chi connectivity index (χ4v) is 2.47. The maximum atomic E-state index is 5.90. The molecule has 1 aromatic rings. The minimum Gasteiger partial charge on any atom is -0.329 e. The van der Waals surface area contributed by atoms with Crippen molar-refractivity contribution in [2.24, 2.45) is 11.7 Å². The van der Waals surface area contributed by atoms with Crippen LogP contribution in [-0.2, 0) is 6.54 Å². The first-order chi connectivity index (χ1) is 7.74. The summed E-state index contributed by atoms with van der Waals surface area (Å²) in [6.45, 7) is 8.35. The maximum absolute atomic E-state index is 5.90. The summed E-state index contributed by atoms with van der Waals surface area (Å²) in [7, 11) is 0. The molecule has 2 N–H and O–H groups in total. The van der Waals surface area contributed by atoms with Gasteiger partial charge in [-0.15, -0.1) is 0 Å². The van der Waals surface area contributed by atoms with E-state index in [9.17, 15) is 0 Å². The number of nitrogens with two attached hydrogens (primary N) is 1. The Hall–Kier alpha value is -0.870. The molecule has 0 bridgehead atoms. The standard InChI is InChI=1S/C12H22N4/c1-3-16-9-11(7-14-16)12(6-13)15-5-4-10(2)8-15/h7,9-10,12H,3-6,8,13H2,1-2H3. The number of aryl methyl sites for hydroxylation is 1. The Bertz CT molecular complexity index is 334. The van der Waals surface area contributed by atoms with E-state index in [1.54, 1.807) is 0 Å². The molecule has 1 fully saturated rings. The Morgan fingerprint density at radius 3 is 2.94 bits per heavy atom. The number of aromatic nitrogens is 2. The van der Waals surface area contributed by atoms with Gasteiger partial charge in [0.05, 0.1) is 12.2 Å². The van der Waals surface area contributed by atoms with E-state index in [0.717, 1.165) is 12.5 Å². The molecule has 4 nitrogen and oxygen atoms in total. The summed E-state index contributed by atoms with van der Waals surface area (Å²) in [5.74, 6) is 0.801. The van der Waals surface area contributed by atoms with Crippen molar-refractivity contribution in [3.8, 4) is 0 Å². The van der Waals surface area contributed by atoms with Crippen LogP contribution in [0.2, 0.25) is 0 Å². The molecule has 0 aromatic carbocycles. The van der Waals surface area contributed by atoms with E-state index in [4.69, 9.17) is 5.73 Å². The Labute approximate surface area is 97.4 Å². The normalized spacial score (nSPS) is 23.8. The molecule has 2 rings (SSSR count). The first-order valence-electron chi connectivity index (χ1n) is 6.21. The molecule has 0 spiro atoms. The second-order valence-corrected chi connectivity index (χ2v) is 4.77. The molecular formula is C12H22N4. The Morgan fingerprint density at radius 2 is 2.44 bits per heavy atom. The van der Waals surface area contributed by atoms with E-state index in [-0.39, 0.29) is 0 Å². The van der Waals surface area contributed by atoms with E-state index < -0.39 is 0 Å². The summed E-state index contributed by atoms with van der Waals surface area (Å²) in [5.41, 5.74) is 7.16. The number of rotatable bonds is 4. The van der Waals surface area contributed by atoms with Gasteiger partial charge in [0.15, 0.2) is 0 Å². The summed E-state index contributed by atoms with van der Waals surface area (Å²) in [5, 5.41) is 4.33. The molecule has 0 amide bonds. The van der Waals surface area contributed by atoms with Crippen molar-refractivity contribution in [3.05, 3.63) is 18.0 Å². The van der Waals surface area contributed by atoms with Gasteiger partial charge < -0.3 is 5.73 Å². The molecule has 0 saturated carbocycles. The maximum Gasteiger partial charge on any atom is 0.0538 e. The van der Waals surface area contributed by atoms with Crippen molar-refractivity contribution in [2.75, 3.05) is 19.6 Å². The SMILES string of the molecule is CCn1cc(C(CN)N2CCC(C)C2)cn1. The quantitative estimate of drug-likeness (QED) is 0.834. The zero-order valence-electron chi connectivity index (χ0n) is 10.3. The highest BCUT2D eigenvalue weighted by Crippen LogP contribution is 2.26. The highest BCUT2D eigenvalue weighted by Gasteiger charge is 2.26. The van der Waals surface area contributed by atoms with Crippen LogP contribution >= 0.6 is 0 Å². The van der Waals surface area contributed by atoms with E-state index in [1.165, 1.54) is 25.1 Å². The molecule has 2 heterocycles. The zero-order valence-corrected chi connectivity index (χ0v) is 10.3. The first kappa shape index (κ1) is 11.6. The third kappa shape index (κ3) is 2.28. The molecule has 0 aliphatic carbocycles. The first-order valence-corrected chi connectivity index (χ1v) is 6.21. The van der Waals surface area contributed by atoms with Crippen molar-refractivity contribution in [1.82, 2.24) is 14.7 Å². The van der Waals surface area contributed by atoms with Gasteiger partial charge in [-0.3, -0.25) is 9.58 Å². The van der Waals surface area contributed by atoms with Crippen LogP contribution < -0.4 is 5.73 Å². The van der Waals surface area contributed by atoms with Crippen LogP contribution in [-0.4, -0.2) is 34.3 Å². The number of hydrogen-bond donors (Lipinski definition) is 1. The van der Waals surface area contributed by atoms with Gasteiger partial charge in [-0.1, -0.05) is 6.92 Å². The van der Waals surface area contributed by atoms with Crippen LogP contribution in [0.4, 0.5) is 0 Å². The third-order valence-corrected chi connectivity index (χ3v) is 3.48. The van der Waals surface area contributed by atoms with Crippen molar-refractivity contribution < 1.29 is 0 Å². The van der Waals surface area contributed by atoms with Crippen LogP contribution in [0.25, 0.3) is 0 Å². The number of nitrogens with zero attached hydrogens (tertiary/aromatic N) is 3. The average molecular weight is 222 g/mol. The zero-order chi connectivity index (χ0) is 11.5. The highest BCUT2D eigenvalue weighted by atomic mass is 15.3. The monoisotopic (exact) mass is 222 g/mol. The van der Waals surface area contributed by atoms with Gasteiger partial charge in [0.25, 0.3) is 0 Å². The smallest absolute Gasteiger partial charge is 0.0538 e. The summed E-state index contributed by atoms with van der Waals surface area (Å²) >= 11 is 0. The molecule has 4 heteroatoms. The molecule has 1 saturated heterocycles. The molecule has 1 aromatic heterocycles. The molecule has 1 aliphatic heterocycles. The summed E-state index contributed by atoms with van der Waals surface area (Å²) in [6, 6.07) is 0.352. The molecule has 2 unspecified atom stereocenters. The van der Waals surface area contributed by atoms with Gasteiger partial charge in [0.1, 0.15) is 0 Å². The molecule has 90 valence electrons. The molecule has 1 aliphatic rings. The van der Waals surface area contributed by atoms with Crippen LogP contribution in [0.1, 0.15) is 31.9 Å². The molecular weight excluding hydrogens is 200 g/mol. The highest BCUT2D eigenvalue weighted by molar-refractivity contribution is 5.12. The minimum atomic E-state index is 0.352. The predicted octanol–water partition coefficient (Wildman–Crippen LogP) is 1.24. The van der Waals surface area contributed by atoms with Crippen molar-refractivity contribution in [2.45, 2.75) is 32.9 Å². The fourth-order valence-electron chi connectivity index (χ4n) is 2.47. The Kier molecular flexibility index (Phi) is 3.61. The average Bonchev–Trinajstić information content (AvgIpc) is 2.89. The van der Waals surface area contributed by atoms with Crippen LogP contribution in [0.15, 0.2) is 12.4 Å². The lowest BCUT2D eigenvalue weighted by atomic mass is 10.1. The fraction of sp³-hybridized carbons (Fsp3) is 0.750. The van der Waals surface area contributed by atoms with Crippen molar-refractivity contribution in [3.63, 3.8) is 0 Å². The second-order valence-electron chi connectivity index (χ2n) is 4.77. The topological polar surface area (TPSA) is 47.1 Å². The Balaban J connectivity index is 2.09. The van der Waals surface area contributed by atoms with Gasteiger partial charge in [0.2, 0.25) is 0 Å². The van der Waals surface area contributed by atoms with E-state index in [1.807, 2.05) is 10.9 Å². The predicted molar refractivity (Wildman–Crippen MR) is 65.1 cm³/mol. The van der Waals surface area contributed by atoms with Crippen LogP contribution in [0, 0.1) is 5.92 Å². The number of hydrogen-bond acceptors (Lipinski definition) is 3. The largest absolute Gasteiger partial charge is 0.329 e. The lowest BCUT2D eigenvalue weighted by Crippen LogP contribution is -2.31. The molecule has 2 atom stereocenters. The lowest BCUT2D eigenvalue weighted by molar-refractivity contribution is 0.243. The minimum absolute atomic E-state index is 0.352. The van der Waals surface area contributed by atoms with Crippen LogP contribution in [0.3, 0.4) is 0 Å². The van der Waals surface area contributed by atoms with E-state index >= 15 is 0 Å². The van der Waals surface area contributed by atoms with Gasteiger partial charge >= 0.3 is 0 Å². The van der Waals surface area contributed by atoms with Gasteiger partial charge in [-0.2, -0.15) is 5.10 Å². The Morgan fingerprint density at radius 1 is 1.62 bits per heavy atom. The van der Waals surface area contributed by atoms with Crippen molar-refractivity contribution in [1.29, 1.82) is 0 Å².